The summed E-state index contributed by atoms with van der Waals surface area (Å²) in [5, 5.41) is 0. The average Bonchev–Trinajstić information content (AvgIpc) is 2.57. The van der Waals surface area contributed by atoms with E-state index in [2.05, 4.69) is 19.1 Å². The van der Waals surface area contributed by atoms with Crippen molar-refractivity contribution in [2.24, 2.45) is 0 Å². The maximum atomic E-state index is 12.5. The van der Waals surface area contributed by atoms with Crippen LogP contribution < -0.4 is 4.74 Å². The highest BCUT2D eigenvalue weighted by Crippen LogP contribution is 2.20. The Labute approximate surface area is 137 Å². The number of carbonyl (C=O) groups excluding carboxylic acids is 1. The van der Waals surface area contributed by atoms with Crippen LogP contribution in [0.1, 0.15) is 34.3 Å². The number of amides is 1. The topological polar surface area (TPSA) is 29.5 Å². The fourth-order valence-electron chi connectivity index (χ4n) is 2.95. The van der Waals surface area contributed by atoms with E-state index in [-0.39, 0.29) is 12.0 Å². The number of rotatable bonds is 3. The van der Waals surface area contributed by atoms with Crippen molar-refractivity contribution in [3.63, 3.8) is 0 Å². The molecule has 1 saturated heterocycles. The fourth-order valence-corrected chi connectivity index (χ4v) is 2.95. The number of aryl methyl sites for hydroxylation is 2. The average molecular weight is 309 g/mol. The first kappa shape index (κ1) is 15.6. The zero-order valence-corrected chi connectivity index (χ0v) is 13.8. The fraction of sp³-hybridized carbons (Fsp3) is 0.350. The van der Waals surface area contributed by atoms with Gasteiger partial charge in [-0.3, -0.25) is 4.79 Å². The van der Waals surface area contributed by atoms with Crippen LogP contribution in [-0.4, -0.2) is 30.0 Å². The molecule has 3 heteroatoms. The Bertz CT molecular complexity index is 670. The van der Waals surface area contributed by atoms with Gasteiger partial charge in [0.15, 0.2) is 0 Å². The minimum absolute atomic E-state index is 0.127. The summed E-state index contributed by atoms with van der Waals surface area (Å²) in [6.07, 6.45) is 1.95. The smallest absolute Gasteiger partial charge is 0.253 e. The Morgan fingerprint density at radius 2 is 1.70 bits per heavy atom. The van der Waals surface area contributed by atoms with Gasteiger partial charge in [0, 0.05) is 31.5 Å². The van der Waals surface area contributed by atoms with Gasteiger partial charge < -0.3 is 9.64 Å². The zero-order valence-electron chi connectivity index (χ0n) is 13.8. The van der Waals surface area contributed by atoms with E-state index in [4.69, 9.17) is 4.74 Å². The maximum absolute atomic E-state index is 12.5. The lowest BCUT2D eigenvalue weighted by Crippen LogP contribution is -2.41. The van der Waals surface area contributed by atoms with Crippen molar-refractivity contribution in [3.05, 3.63) is 65.2 Å². The molecule has 1 fully saturated rings. The molecule has 3 nitrogen and oxygen atoms in total. The molecule has 2 aromatic carbocycles. The lowest BCUT2D eigenvalue weighted by atomic mass is 10.1. The quantitative estimate of drug-likeness (QED) is 0.858. The van der Waals surface area contributed by atoms with Crippen LogP contribution in [0.15, 0.2) is 48.5 Å². The SMILES string of the molecule is Cc1ccc(OC2CCN(C(=O)c3cccc(C)c3)CC2)cc1. The van der Waals surface area contributed by atoms with E-state index in [1.165, 1.54) is 5.56 Å². The maximum Gasteiger partial charge on any atom is 0.253 e. The second-order valence-electron chi connectivity index (χ2n) is 6.29. The lowest BCUT2D eigenvalue weighted by Gasteiger charge is -2.32. The molecule has 0 bridgehead atoms. The molecule has 0 radical (unpaired) electrons. The molecular weight excluding hydrogens is 286 g/mol. The van der Waals surface area contributed by atoms with Crippen molar-refractivity contribution in [2.45, 2.75) is 32.8 Å². The first-order valence-corrected chi connectivity index (χ1v) is 8.21. The van der Waals surface area contributed by atoms with E-state index in [1.807, 2.05) is 48.2 Å². The minimum atomic E-state index is 0.127. The summed E-state index contributed by atoms with van der Waals surface area (Å²) >= 11 is 0. The molecule has 1 aliphatic rings. The molecule has 23 heavy (non-hydrogen) atoms. The molecular formula is C20H23NO2. The minimum Gasteiger partial charge on any atom is -0.490 e. The van der Waals surface area contributed by atoms with Crippen LogP contribution >= 0.6 is 0 Å². The first-order valence-electron chi connectivity index (χ1n) is 8.21. The third-order valence-electron chi connectivity index (χ3n) is 4.32. The van der Waals surface area contributed by atoms with Gasteiger partial charge in [0.05, 0.1) is 0 Å². The molecule has 0 atom stereocenters. The lowest BCUT2D eigenvalue weighted by molar-refractivity contribution is 0.0595. The second kappa shape index (κ2) is 6.86. The van der Waals surface area contributed by atoms with E-state index in [1.54, 1.807) is 0 Å². The monoisotopic (exact) mass is 309 g/mol. The summed E-state index contributed by atoms with van der Waals surface area (Å²) in [6.45, 7) is 5.59. The number of hydrogen-bond acceptors (Lipinski definition) is 2. The highest BCUT2D eigenvalue weighted by atomic mass is 16.5. The largest absolute Gasteiger partial charge is 0.490 e. The van der Waals surface area contributed by atoms with Crippen molar-refractivity contribution in [2.75, 3.05) is 13.1 Å². The van der Waals surface area contributed by atoms with Gasteiger partial charge >= 0.3 is 0 Å². The number of benzene rings is 2. The van der Waals surface area contributed by atoms with Gasteiger partial charge in [-0.05, 0) is 38.1 Å². The molecule has 3 rings (SSSR count). The van der Waals surface area contributed by atoms with Crippen LogP contribution in [0.25, 0.3) is 0 Å². The van der Waals surface area contributed by atoms with Crippen LogP contribution in [0, 0.1) is 13.8 Å². The number of nitrogens with zero attached hydrogens (tertiary/aromatic N) is 1. The Morgan fingerprint density at radius 1 is 1.00 bits per heavy atom. The summed E-state index contributed by atoms with van der Waals surface area (Å²) in [6, 6.07) is 16.0. The zero-order chi connectivity index (χ0) is 16.2. The van der Waals surface area contributed by atoms with Gasteiger partial charge in [-0.2, -0.15) is 0 Å². The number of ether oxygens (including phenoxy) is 1. The highest BCUT2D eigenvalue weighted by molar-refractivity contribution is 5.94. The predicted molar refractivity (Wildman–Crippen MR) is 91.9 cm³/mol. The Kier molecular flexibility index (Phi) is 4.65. The molecule has 0 aromatic heterocycles. The van der Waals surface area contributed by atoms with Crippen LogP contribution in [0.2, 0.25) is 0 Å². The van der Waals surface area contributed by atoms with Gasteiger partial charge in [0.25, 0.3) is 5.91 Å². The van der Waals surface area contributed by atoms with Crippen LogP contribution in [0.5, 0.6) is 5.75 Å². The number of carbonyl (C=O) groups is 1. The highest BCUT2D eigenvalue weighted by Gasteiger charge is 2.24. The van der Waals surface area contributed by atoms with Crippen LogP contribution in [0.4, 0.5) is 0 Å². The molecule has 1 heterocycles. The van der Waals surface area contributed by atoms with E-state index in [0.29, 0.717) is 0 Å². The number of likely N-dealkylation sites (tertiary alicyclic amines) is 1. The summed E-state index contributed by atoms with van der Waals surface area (Å²) in [4.78, 5) is 14.5. The Hall–Kier alpha value is -2.29. The van der Waals surface area contributed by atoms with Gasteiger partial charge in [-0.15, -0.1) is 0 Å². The van der Waals surface area contributed by atoms with E-state index in [9.17, 15) is 4.79 Å². The van der Waals surface area contributed by atoms with Crippen molar-refractivity contribution < 1.29 is 9.53 Å². The molecule has 2 aromatic rings. The van der Waals surface area contributed by atoms with Gasteiger partial charge in [0.1, 0.15) is 11.9 Å². The molecule has 1 aliphatic heterocycles. The van der Waals surface area contributed by atoms with Gasteiger partial charge in [0.2, 0.25) is 0 Å². The van der Waals surface area contributed by atoms with E-state index >= 15 is 0 Å². The standard InChI is InChI=1S/C20H23NO2/c1-15-6-8-18(9-7-15)23-19-10-12-21(13-11-19)20(22)17-5-3-4-16(2)14-17/h3-9,14,19H,10-13H2,1-2H3. The second-order valence-corrected chi connectivity index (χ2v) is 6.29. The van der Waals surface area contributed by atoms with E-state index in [0.717, 1.165) is 42.8 Å². The summed E-state index contributed by atoms with van der Waals surface area (Å²) in [7, 11) is 0. The molecule has 0 saturated carbocycles. The first-order chi connectivity index (χ1) is 11.1. The molecule has 0 N–H and O–H groups in total. The van der Waals surface area contributed by atoms with Crippen molar-refractivity contribution >= 4 is 5.91 Å². The summed E-state index contributed by atoms with van der Waals surface area (Å²) in [5.74, 6) is 1.04. The van der Waals surface area contributed by atoms with Crippen LogP contribution in [0.3, 0.4) is 0 Å². The summed E-state index contributed by atoms with van der Waals surface area (Å²) < 4.78 is 6.03. The summed E-state index contributed by atoms with van der Waals surface area (Å²) in [5.41, 5.74) is 3.13. The molecule has 1 amide bonds. The Morgan fingerprint density at radius 3 is 2.35 bits per heavy atom. The predicted octanol–water partition coefficient (Wildman–Crippen LogP) is 3.99. The van der Waals surface area contributed by atoms with Gasteiger partial charge in [-0.1, -0.05) is 35.4 Å². The van der Waals surface area contributed by atoms with Crippen LogP contribution in [-0.2, 0) is 0 Å². The number of hydrogen-bond donors (Lipinski definition) is 0. The normalized spacial score (nSPS) is 15.5. The van der Waals surface area contributed by atoms with E-state index < -0.39 is 0 Å². The molecule has 120 valence electrons. The van der Waals surface area contributed by atoms with Crippen molar-refractivity contribution in [3.8, 4) is 5.75 Å². The molecule has 0 unspecified atom stereocenters. The third kappa shape index (κ3) is 3.92. The number of piperidine rings is 1. The Balaban J connectivity index is 1.55. The van der Waals surface area contributed by atoms with Crippen molar-refractivity contribution in [1.29, 1.82) is 0 Å². The molecule has 0 spiro atoms. The third-order valence-corrected chi connectivity index (χ3v) is 4.32. The van der Waals surface area contributed by atoms with Gasteiger partial charge in [-0.25, -0.2) is 0 Å². The van der Waals surface area contributed by atoms with Crippen molar-refractivity contribution in [1.82, 2.24) is 4.90 Å². The molecule has 0 aliphatic carbocycles.